The number of hydrogen-bond donors (Lipinski definition) is 1. The van der Waals surface area contributed by atoms with Crippen molar-refractivity contribution >= 4 is 5.97 Å². The molecule has 0 unspecified atom stereocenters. The summed E-state index contributed by atoms with van der Waals surface area (Å²) in [6.07, 6.45) is -4.99. The van der Waals surface area contributed by atoms with Crippen LogP contribution >= 0.6 is 0 Å². The molecule has 7 nitrogen and oxygen atoms in total. The standard InChI is InChI=1S/C23H23F3N2O5/c1-14(2)32-20-6-3-15(7-17(20)9-27)13-31-19-5-4-16(21(8-19)33-23(24,25)26)10-28-11-18(12-28)22(29)30/h3-8,14,18H,10-13H2,1-2H3,(H,29,30). The fourth-order valence-corrected chi connectivity index (χ4v) is 3.35. The second kappa shape index (κ2) is 10.0. The molecule has 2 aromatic rings. The molecule has 2 aromatic carbocycles. The van der Waals surface area contributed by atoms with E-state index in [4.69, 9.17) is 14.6 Å². The van der Waals surface area contributed by atoms with E-state index >= 15 is 0 Å². The Morgan fingerprint density at radius 2 is 1.94 bits per heavy atom. The lowest BCUT2D eigenvalue weighted by Gasteiger charge is -2.36. The molecule has 0 saturated carbocycles. The van der Waals surface area contributed by atoms with E-state index in [9.17, 15) is 23.2 Å². The third kappa shape index (κ3) is 6.76. The highest BCUT2D eigenvalue weighted by molar-refractivity contribution is 5.71. The van der Waals surface area contributed by atoms with Crippen LogP contribution in [0.4, 0.5) is 13.2 Å². The first-order valence-electron chi connectivity index (χ1n) is 10.2. The van der Waals surface area contributed by atoms with Crippen molar-refractivity contribution in [2.75, 3.05) is 13.1 Å². The molecule has 1 aliphatic heterocycles. The average Bonchev–Trinajstić information content (AvgIpc) is 2.68. The number of halogens is 3. The Hall–Kier alpha value is -3.45. The van der Waals surface area contributed by atoms with Gasteiger partial charge in [-0.2, -0.15) is 5.26 Å². The van der Waals surface area contributed by atoms with E-state index in [0.29, 0.717) is 16.9 Å². The van der Waals surface area contributed by atoms with Crippen LogP contribution in [0.5, 0.6) is 17.2 Å². The number of nitrogens with zero attached hydrogens (tertiary/aromatic N) is 2. The van der Waals surface area contributed by atoms with Crippen LogP contribution in [0.2, 0.25) is 0 Å². The highest BCUT2D eigenvalue weighted by Crippen LogP contribution is 2.33. The zero-order valence-corrected chi connectivity index (χ0v) is 18.1. The highest BCUT2D eigenvalue weighted by Gasteiger charge is 2.35. The van der Waals surface area contributed by atoms with Gasteiger partial charge in [0.1, 0.15) is 29.9 Å². The van der Waals surface area contributed by atoms with Gasteiger partial charge in [0.25, 0.3) is 0 Å². The largest absolute Gasteiger partial charge is 0.573 e. The Kier molecular flexibility index (Phi) is 7.33. The maximum atomic E-state index is 12.9. The molecule has 1 aliphatic rings. The van der Waals surface area contributed by atoms with E-state index in [1.54, 1.807) is 23.1 Å². The number of carboxylic acid groups (broad SMARTS) is 1. The molecule has 0 radical (unpaired) electrons. The second-order valence-corrected chi connectivity index (χ2v) is 7.94. The van der Waals surface area contributed by atoms with Crippen molar-refractivity contribution in [3.05, 3.63) is 53.1 Å². The molecule has 0 atom stereocenters. The van der Waals surface area contributed by atoms with Gasteiger partial charge < -0.3 is 19.3 Å². The first kappa shape index (κ1) is 24.2. The zero-order valence-electron chi connectivity index (χ0n) is 18.1. The predicted octanol–water partition coefficient (Wildman–Crippen LogP) is 4.34. The van der Waals surface area contributed by atoms with Gasteiger partial charge in [0.15, 0.2) is 0 Å². The quantitative estimate of drug-likeness (QED) is 0.590. The second-order valence-electron chi connectivity index (χ2n) is 7.94. The lowest BCUT2D eigenvalue weighted by Crippen LogP contribution is -2.49. The van der Waals surface area contributed by atoms with Crippen LogP contribution in [0.3, 0.4) is 0 Å². The van der Waals surface area contributed by atoms with Gasteiger partial charge in [-0.25, -0.2) is 0 Å². The molecule has 0 bridgehead atoms. The van der Waals surface area contributed by atoms with Crippen LogP contribution in [0.1, 0.15) is 30.5 Å². The van der Waals surface area contributed by atoms with Gasteiger partial charge in [-0.3, -0.25) is 9.69 Å². The van der Waals surface area contributed by atoms with Gasteiger partial charge in [-0.15, -0.1) is 13.2 Å². The number of carbonyl (C=O) groups is 1. The van der Waals surface area contributed by atoms with Crippen LogP contribution in [-0.2, 0) is 17.9 Å². The van der Waals surface area contributed by atoms with Gasteiger partial charge >= 0.3 is 12.3 Å². The van der Waals surface area contributed by atoms with Crippen molar-refractivity contribution in [2.45, 2.75) is 39.5 Å². The molecule has 1 fully saturated rings. The number of ether oxygens (including phenoxy) is 3. The SMILES string of the molecule is CC(C)Oc1ccc(COc2ccc(CN3CC(C(=O)O)C3)c(OC(F)(F)F)c2)cc1C#N. The summed E-state index contributed by atoms with van der Waals surface area (Å²) in [5.41, 5.74) is 1.24. The number of carboxylic acids is 1. The van der Waals surface area contributed by atoms with Gasteiger partial charge in [0.2, 0.25) is 0 Å². The summed E-state index contributed by atoms with van der Waals surface area (Å²) in [7, 11) is 0. The fraction of sp³-hybridized carbons (Fsp3) is 0.391. The summed E-state index contributed by atoms with van der Waals surface area (Å²) in [6.45, 7) is 4.35. The highest BCUT2D eigenvalue weighted by atomic mass is 19.4. The summed E-state index contributed by atoms with van der Waals surface area (Å²) < 4.78 is 54.1. The van der Waals surface area contributed by atoms with Gasteiger partial charge in [-0.05, 0) is 37.6 Å². The Bertz CT molecular complexity index is 1040. The van der Waals surface area contributed by atoms with Crippen molar-refractivity contribution < 1.29 is 37.3 Å². The maximum absolute atomic E-state index is 12.9. The smallest absolute Gasteiger partial charge is 0.490 e. The van der Waals surface area contributed by atoms with Gasteiger partial charge in [0, 0.05) is 31.3 Å². The number of nitriles is 1. The van der Waals surface area contributed by atoms with Crippen molar-refractivity contribution in [2.24, 2.45) is 5.92 Å². The Morgan fingerprint density at radius 1 is 1.21 bits per heavy atom. The normalized spacial score (nSPS) is 14.5. The number of alkyl halides is 3. The summed E-state index contributed by atoms with van der Waals surface area (Å²) in [6, 6.07) is 11.2. The third-order valence-corrected chi connectivity index (χ3v) is 4.90. The van der Waals surface area contributed by atoms with Crippen molar-refractivity contribution in [1.82, 2.24) is 4.90 Å². The number of rotatable bonds is 9. The minimum atomic E-state index is -4.89. The van der Waals surface area contributed by atoms with E-state index in [2.05, 4.69) is 10.8 Å². The summed E-state index contributed by atoms with van der Waals surface area (Å²) >= 11 is 0. The minimum absolute atomic E-state index is 0.0217. The molecule has 0 spiro atoms. The predicted molar refractivity (Wildman–Crippen MR) is 111 cm³/mol. The molecule has 3 rings (SSSR count). The van der Waals surface area contributed by atoms with Gasteiger partial charge in [0.05, 0.1) is 17.6 Å². The molecule has 0 aromatic heterocycles. The molecule has 33 heavy (non-hydrogen) atoms. The van der Waals surface area contributed by atoms with E-state index in [-0.39, 0.29) is 43.7 Å². The monoisotopic (exact) mass is 464 g/mol. The number of hydrogen-bond acceptors (Lipinski definition) is 6. The van der Waals surface area contributed by atoms with Crippen LogP contribution in [0, 0.1) is 17.2 Å². The first-order valence-corrected chi connectivity index (χ1v) is 10.2. The molecule has 10 heteroatoms. The van der Waals surface area contributed by atoms with Crippen molar-refractivity contribution in [3.63, 3.8) is 0 Å². The molecule has 0 amide bonds. The summed E-state index contributed by atoms with van der Waals surface area (Å²) in [4.78, 5) is 12.7. The molecular weight excluding hydrogens is 441 g/mol. The first-order chi connectivity index (χ1) is 15.5. The maximum Gasteiger partial charge on any atom is 0.573 e. The van der Waals surface area contributed by atoms with E-state index < -0.39 is 24.0 Å². The number of aliphatic carboxylic acids is 1. The third-order valence-electron chi connectivity index (χ3n) is 4.90. The lowest BCUT2D eigenvalue weighted by atomic mass is 9.99. The van der Waals surface area contributed by atoms with Crippen LogP contribution in [0.25, 0.3) is 0 Å². The molecular formula is C23H23F3N2O5. The lowest BCUT2D eigenvalue weighted by molar-refractivity contribution is -0.275. The summed E-state index contributed by atoms with van der Waals surface area (Å²) in [5, 5.41) is 18.3. The van der Waals surface area contributed by atoms with E-state index in [0.717, 1.165) is 6.07 Å². The Morgan fingerprint density at radius 3 is 2.55 bits per heavy atom. The molecule has 1 N–H and O–H groups in total. The topological polar surface area (TPSA) is 92.0 Å². The summed E-state index contributed by atoms with van der Waals surface area (Å²) in [5.74, 6) is -1.25. The number of likely N-dealkylation sites (tertiary alicyclic amines) is 1. The Labute approximate surface area is 188 Å². The molecule has 1 heterocycles. The molecule has 0 aliphatic carbocycles. The van der Waals surface area contributed by atoms with E-state index in [1.165, 1.54) is 12.1 Å². The fourth-order valence-electron chi connectivity index (χ4n) is 3.35. The van der Waals surface area contributed by atoms with E-state index in [1.807, 2.05) is 13.8 Å². The van der Waals surface area contributed by atoms with Gasteiger partial charge in [-0.1, -0.05) is 12.1 Å². The minimum Gasteiger partial charge on any atom is -0.490 e. The molecule has 1 saturated heterocycles. The zero-order chi connectivity index (χ0) is 24.2. The number of benzene rings is 2. The molecule has 176 valence electrons. The van der Waals surface area contributed by atoms with Crippen molar-refractivity contribution in [1.29, 1.82) is 5.26 Å². The van der Waals surface area contributed by atoms with Crippen molar-refractivity contribution in [3.8, 4) is 23.3 Å². The van der Waals surface area contributed by atoms with Crippen LogP contribution < -0.4 is 14.2 Å². The van der Waals surface area contributed by atoms with Crippen LogP contribution in [0.15, 0.2) is 36.4 Å². The average molecular weight is 464 g/mol. The Balaban J connectivity index is 1.71. The van der Waals surface area contributed by atoms with Crippen LogP contribution in [-0.4, -0.2) is 41.5 Å².